The molecule has 0 amide bonds. The molecule has 0 aliphatic carbocycles. The summed E-state index contributed by atoms with van der Waals surface area (Å²) in [6, 6.07) is 48.6. The number of rotatable bonds is 3. The molecular formula is C38H23N3O. The van der Waals surface area contributed by atoms with Crippen molar-refractivity contribution in [3.8, 4) is 33.6 Å². The number of pyridine rings is 1. The molecule has 4 heteroatoms. The van der Waals surface area contributed by atoms with Crippen molar-refractivity contribution in [2.45, 2.75) is 0 Å². The first-order valence-corrected chi connectivity index (χ1v) is 14.1. The molecule has 0 spiro atoms. The molecule has 9 aromatic rings. The van der Waals surface area contributed by atoms with Gasteiger partial charge in [-0.1, -0.05) is 133 Å². The van der Waals surface area contributed by atoms with Crippen molar-refractivity contribution in [3.05, 3.63) is 140 Å². The van der Waals surface area contributed by atoms with Gasteiger partial charge < -0.3 is 4.42 Å². The minimum absolute atomic E-state index is 0.827. The lowest BCUT2D eigenvalue weighted by Crippen LogP contribution is -1.94. The summed E-state index contributed by atoms with van der Waals surface area (Å²) in [5.74, 6) is 0.827. The number of furan rings is 1. The molecule has 0 unspecified atom stereocenters. The lowest BCUT2D eigenvalue weighted by atomic mass is 9.99. The summed E-state index contributed by atoms with van der Waals surface area (Å²) in [4.78, 5) is 0. The summed E-state index contributed by atoms with van der Waals surface area (Å²) >= 11 is 0. The molecule has 0 aliphatic rings. The van der Waals surface area contributed by atoms with Crippen molar-refractivity contribution in [1.29, 1.82) is 0 Å². The van der Waals surface area contributed by atoms with Crippen molar-refractivity contribution in [2.75, 3.05) is 0 Å². The van der Waals surface area contributed by atoms with Crippen molar-refractivity contribution in [1.82, 2.24) is 14.6 Å². The van der Waals surface area contributed by atoms with Crippen molar-refractivity contribution in [2.24, 2.45) is 0 Å². The van der Waals surface area contributed by atoms with E-state index in [1.165, 1.54) is 10.8 Å². The molecule has 4 nitrogen and oxygen atoms in total. The monoisotopic (exact) mass is 537 g/mol. The van der Waals surface area contributed by atoms with Gasteiger partial charge in [0.2, 0.25) is 0 Å². The Bertz CT molecular complexity index is 2450. The lowest BCUT2D eigenvalue weighted by Gasteiger charge is -2.10. The van der Waals surface area contributed by atoms with E-state index in [4.69, 9.17) is 4.42 Å². The average Bonchev–Trinajstić information content (AvgIpc) is 3.68. The molecule has 0 aliphatic heterocycles. The molecule has 0 fully saturated rings. The lowest BCUT2D eigenvalue weighted by molar-refractivity contribution is 0.671. The fourth-order valence-electron chi connectivity index (χ4n) is 6.37. The molecule has 9 rings (SSSR count). The van der Waals surface area contributed by atoms with E-state index in [1.54, 1.807) is 0 Å². The van der Waals surface area contributed by atoms with Gasteiger partial charge in [-0.3, -0.25) is 4.40 Å². The highest BCUT2D eigenvalue weighted by atomic mass is 16.3. The Kier molecular flexibility index (Phi) is 4.87. The molecule has 0 saturated carbocycles. The molecular weight excluding hydrogens is 514 g/mol. The highest BCUT2D eigenvalue weighted by molar-refractivity contribution is 6.13. The third-order valence-electron chi connectivity index (χ3n) is 8.33. The number of aromatic nitrogens is 3. The average molecular weight is 538 g/mol. The largest absolute Gasteiger partial charge is 0.455 e. The Morgan fingerprint density at radius 2 is 0.952 bits per heavy atom. The van der Waals surface area contributed by atoms with Crippen LogP contribution in [0.5, 0.6) is 0 Å². The van der Waals surface area contributed by atoms with Crippen LogP contribution in [0.1, 0.15) is 0 Å². The van der Waals surface area contributed by atoms with Crippen LogP contribution in [-0.2, 0) is 0 Å². The quantitative estimate of drug-likeness (QED) is 0.211. The number of hydrogen-bond donors (Lipinski definition) is 0. The van der Waals surface area contributed by atoms with Gasteiger partial charge in [0.25, 0.3) is 0 Å². The topological polar surface area (TPSA) is 43.3 Å². The van der Waals surface area contributed by atoms with E-state index in [0.717, 1.165) is 72.1 Å². The molecule has 3 aromatic heterocycles. The molecule has 0 radical (unpaired) electrons. The highest BCUT2D eigenvalue weighted by Gasteiger charge is 2.18. The Hall–Kier alpha value is -5.74. The number of para-hydroxylation sites is 3. The standard InChI is InChI=1S/C38H23N3O/c1-2-10-24(11-3-1)27-15-8-17-31-32-18-9-16-28(36(32)42-35(27)31)25-20-22-26(23-21-25)37-39-40-38-33-14-5-4-12-29(33)30-13-6-7-19-34(30)41(37)38/h1-23H. The zero-order valence-corrected chi connectivity index (χ0v) is 22.5. The van der Waals surface area contributed by atoms with Crippen LogP contribution in [0.2, 0.25) is 0 Å². The number of benzene rings is 6. The summed E-state index contributed by atoms with van der Waals surface area (Å²) in [5, 5.41) is 15.0. The van der Waals surface area contributed by atoms with E-state index in [-0.39, 0.29) is 0 Å². The van der Waals surface area contributed by atoms with Crippen LogP contribution in [0.15, 0.2) is 144 Å². The zero-order valence-electron chi connectivity index (χ0n) is 22.5. The zero-order chi connectivity index (χ0) is 27.6. The van der Waals surface area contributed by atoms with Gasteiger partial charge in [-0.25, -0.2) is 0 Å². The third-order valence-corrected chi connectivity index (χ3v) is 8.33. The minimum Gasteiger partial charge on any atom is -0.455 e. The van der Waals surface area contributed by atoms with Gasteiger partial charge in [0.15, 0.2) is 11.5 Å². The first-order chi connectivity index (χ1) is 20.8. The Morgan fingerprint density at radius 1 is 0.405 bits per heavy atom. The molecule has 196 valence electrons. The number of hydrogen-bond acceptors (Lipinski definition) is 3. The van der Waals surface area contributed by atoms with Gasteiger partial charge in [0, 0.05) is 38.2 Å². The van der Waals surface area contributed by atoms with Crippen LogP contribution >= 0.6 is 0 Å². The molecule has 0 bridgehead atoms. The first-order valence-electron chi connectivity index (χ1n) is 14.1. The Morgan fingerprint density at radius 3 is 1.67 bits per heavy atom. The normalized spacial score (nSPS) is 11.8. The van der Waals surface area contributed by atoms with E-state index in [0.29, 0.717) is 0 Å². The van der Waals surface area contributed by atoms with Gasteiger partial charge in [-0.05, 0) is 22.6 Å². The Labute approximate surface area is 241 Å². The SMILES string of the molecule is c1ccc(-c2cccc3c2oc2c(-c4ccc(-c5nnc6c7ccccc7c7ccccc7n56)cc4)cccc23)cc1. The predicted octanol–water partition coefficient (Wildman–Crippen LogP) is 9.94. The highest BCUT2D eigenvalue weighted by Crippen LogP contribution is 2.40. The predicted molar refractivity (Wildman–Crippen MR) is 172 cm³/mol. The van der Waals surface area contributed by atoms with Crippen LogP contribution in [0.4, 0.5) is 0 Å². The Balaban J connectivity index is 1.20. The fraction of sp³-hybridized carbons (Fsp3) is 0. The number of nitrogens with zero attached hydrogens (tertiary/aromatic N) is 3. The second-order valence-corrected chi connectivity index (χ2v) is 10.7. The molecule has 3 heterocycles. The second-order valence-electron chi connectivity index (χ2n) is 10.7. The van der Waals surface area contributed by atoms with Gasteiger partial charge in [-0.15, -0.1) is 10.2 Å². The third kappa shape index (κ3) is 3.29. The maximum Gasteiger partial charge on any atom is 0.169 e. The van der Waals surface area contributed by atoms with Crippen LogP contribution < -0.4 is 0 Å². The van der Waals surface area contributed by atoms with Crippen molar-refractivity contribution >= 4 is 49.3 Å². The van der Waals surface area contributed by atoms with E-state index < -0.39 is 0 Å². The smallest absolute Gasteiger partial charge is 0.169 e. The second kappa shape index (κ2) is 8.88. The molecule has 42 heavy (non-hydrogen) atoms. The molecule has 0 saturated heterocycles. The van der Waals surface area contributed by atoms with Crippen molar-refractivity contribution < 1.29 is 4.42 Å². The van der Waals surface area contributed by atoms with Crippen LogP contribution in [0, 0.1) is 0 Å². The molecule has 6 aromatic carbocycles. The minimum atomic E-state index is 0.827. The van der Waals surface area contributed by atoms with E-state index >= 15 is 0 Å². The maximum atomic E-state index is 6.65. The summed E-state index contributed by atoms with van der Waals surface area (Å²) in [5.41, 5.74) is 9.19. The molecule has 0 N–H and O–H groups in total. The summed E-state index contributed by atoms with van der Waals surface area (Å²) in [7, 11) is 0. The van der Waals surface area contributed by atoms with E-state index in [1.807, 2.05) is 6.07 Å². The van der Waals surface area contributed by atoms with E-state index in [9.17, 15) is 0 Å². The maximum absolute atomic E-state index is 6.65. The van der Waals surface area contributed by atoms with Crippen LogP contribution in [-0.4, -0.2) is 14.6 Å². The van der Waals surface area contributed by atoms with Crippen molar-refractivity contribution in [3.63, 3.8) is 0 Å². The van der Waals surface area contributed by atoms with E-state index in [2.05, 4.69) is 148 Å². The fourth-order valence-corrected chi connectivity index (χ4v) is 6.37. The van der Waals surface area contributed by atoms with Crippen LogP contribution in [0.3, 0.4) is 0 Å². The summed E-state index contributed by atoms with van der Waals surface area (Å²) < 4.78 is 8.82. The van der Waals surface area contributed by atoms with Gasteiger partial charge in [0.05, 0.1) is 5.52 Å². The molecule has 0 atom stereocenters. The number of fused-ring (bicyclic) bond motifs is 9. The van der Waals surface area contributed by atoms with Crippen LogP contribution in [0.25, 0.3) is 82.9 Å². The summed E-state index contributed by atoms with van der Waals surface area (Å²) in [6.07, 6.45) is 0. The van der Waals surface area contributed by atoms with Gasteiger partial charge in [-0.2, -0.15) is 0 Å². The van der Waals surface area contributed by atoms with Gasteiger partial charge in [0.1, 0.15) is 11.2 Å². The first kappa shape index (κ1) is 23.0. The van der Waals surface area contributed by atoms with Gasteiger partial charge >= 0.3 is 0 Å². The summed E-state index contributed by atoms with van der Waals surface area (Å²) in [6.45, 7) is 0.